The monoisotopic (exact) mass is 183 g/mol. The first-order valence-corrected chi connectivity index (χ1v) is 5.47. The summed E-state index contributed by atoms with van der Waals surface area (Å²) in [5, 5.41) is 3.26. The third kappa shape index (κ3) is 5.04. The third-order valence-corrected chi connectivity index (χ3v) is 2.61. The molecule has 1 atom stereocenters. The SMILES string of the molecule is CCNC(C)CC(=O)CCC1CC1. The van der Waals surface area contributed by atoms with Crippen LogP contribution in [0.3, 0.4) is 0 Å². The van der Waals surface area contributed by atoms with Gasteiger partial charge in [0.25, 0.3) is 0 Å². The first kappa shape index (κ1) is 10.7. The van der Waals surface area contributed by atoms with Crippen molar-refractivity contribution in [2.75, 3.05) is 6.54 Å². The summed E-state index contributed by atoms with van der Waals surface area (Å²) in [5.74, 6) is 1.32. The average Bonchev–Trinajstić information content (AvgIpc) is 2.84. The summed E-state index contributed by atoms with van der Waals surface area (Å²) in [4.78, 5) is 11.4. The second-order valence-corrected chi connectivity index (χ2v) is 4.18. The Bertz CT molecular complexity index is 163. The van der Waals surface area contributed by atoms with E-state index in [1.165, 1.54) is 12.8 Å². The number of Topliss-reactive ketones (excluding diaryl/α,β-unsaturated/α-hetero) is 1. The van der Waals surface area contributed by atoms with Gasteiger partial charge in [0.2, 0.25) is 0 Å². The summed E-state index contributed by atoms with van der Waals surface area (Å²) in [6.45, 7) is 5.11. The molecule has 0 aromatic heterocycles. The van der Waals surface area contributed by atoms with Crippen LogP contribution in [0.25, 0.3) is 0 Å². The van der Waals surface area contributed by atoms with E-state index >= 15 is 0 Å². The molecule has 1 fully saturated rings. The minimum absolute atomic E-state index is 0.358. The lowest BCUT2D eigenvalue weighted by molar-refractivity contribution is -0.119. The molecular weight excluding hydrogens is 162 g/mol. The van der Waals surface area contributed by atoms with E-state index in [4.69, 9.17) is 0 Å². The predicted octanol–water partition coefficient (Wildman–Crippen LogP) is 2.13. The smallest absolute Gasteiger partial charge is 0.134 e. The summed E-state index contributed by atoms with van der Waals surface area (Å²) >= 11 is 0. The number of nitrogens with one attached hydrogen (secondary N) is 1. The van der Waals surface area contributed by atoms with Crippen LogP contribution in [0.5, 0.6) is 0 Å². The standard InChI is InChI=1S/C11H21NO/c1-3-12-9(2)8-11(13)7-6-10-4-5-10/h9-10,12H,3-8H2,1-2H3. The molecule has 0 aromatic carbocycles. The van der Waals surface area contributed by atoms with Crippen molar-refractivity contribution in [3.8, 4) is 0 Å². The van der Waals surface area contributed by atoms with Crippen molar-refractivity contribution < 1.29 is 4.79 Å². The normalized spacial score (nSPS) is 18.6. The van der Waals surface area contributed by atoms with Crippen molar-refractivity contribution in [2.45, 2.75) is 52.0 Å². The van der Waals surface area contributed by atoms with Crippen LogP contribution >= 0.6 is 0 Å². The Hall–Kier alpha value is -0.370. The molecule has 0 saturated heterocycles. The molecule has 76 valence electrons. The fraction of sp³-hybridized carbons (Fsp3) is 0.909. The lowest BCUT2D eigenvalue weighted by Crippen LogP contribution is -2.28. The van der Waals surface area contributed by atoms with Crippen molar-refractivity contribution in [3.63, 3.8) is 0 Å². The minimum atomic E-state index is 0.358. The molecule has 13 heavy (non-hydrogen) atoms. The Morgan fingerprint density at radius 3 is 2.77 bits per heavy atom. The topological polar surface area (TPSA) is 29.1 Å². The van der Waals surface area contributed by atoms with Gasteiger partial charge in [-0.3, -0.25) is 4.79 Å². The zero-order valence-corrected chi connectivity index (χ0v) is 8.81. The average molecular weight is 183 g/mol. The summed E-state index contributed by atoms with van der Waals surface area (Å²) in [6.07, 6.45) is 5.37. The fourth-order valence-electron chi connectivity index (χ4n) is 1.64. The first-order valence-electron chi connectivity index (χ1n) is 5.47. The molecule has 0 aliphatic heterocycles. The van der Waals surface area contributed by atoms with E-state index in [-0.39, 0.29) is 0 Å². The Kier molecular flexibility index (Phi) is 4.43. The molecule has 1 N–H and O–H groups in total. The van der Waals surface area contributed by atoms with Gasteiger partial charge in [-0.15, -0.1) is 0 Å². The van der Waals surface area contributed by atoms with E-state index in [2.05, 4.69) is 19.2 Å². The summed E-state index contributed by atoms with van der Waals surface area (Å²) in [5.41, 5.74) is 0. The number of hydrogen-bond donors (Lipinski definition) is 1. The number of rotatable bonds is 7. The van der Waals surface area contributed by atoms with Crippen LogP contribution in [0.2, 0.25) is 0 Å². The quantitative estimate of drug-likeness (QED) is 0.655. The van der Waals surface area contributed by atoms with Crippen LogP contribution in [-0.2, 0) is 4.79 Å². The molecule has 1 rings (SSSR count). The van der Waals surface area contributed by atoms with Crippen LogP contribution in [0, 0.1) is 5.92 Å². The highest BCUT2D eigenvalue weighted by Crippen LogP contribution is 2.33. The molecule has 0 aromatic rings. The van der Waals surface area contributed by atoms with E-state index in [9.17, 15) is 4.79 Å². The molecule has 1 aliphatic rings. The Morgan fingerprint density at radius 1 is 1.54 bits per heavy atom. The maximum atomic E-state index is 11.4. The van der Waals surface area contributed by atoms with E-state index in [1.807, 2.05) is 0 Å². The van der Waals surface area contributed by atoms with Crippen molar-refractivity contribution in [1.29, 1.82) is 0 Å². The van der Waals surface area contributed by atoms with Gasteiger partial charge in [0.1, 0.15) is 5.78 Å². The molecule has 1 aliphatic carbocycles. The second kappa shape index (κ2) is 5.38. The molecule has 0 spiro atoms. The Labute approximate surface area is 81.1 Å². The van der Waals surface area contributed by atoms with Crippen LogP contribution in [-0.4, -0.2) is 18.4 Å². The molecule has 0 heterocycles. The second-order valence-electron chi connectivity index (χ2n) is 4.18. The van der Waals surface area contributed by atoms with Gasteiger partial charge in [0.05, 0.1) is 0 Å². The van der Waals surface area contributed by atoms with Crippen molar-refractivity contribution in [1.82, 2.24) is 5.32 Å². The van der Waals surface area contributed by atoms with E-state index in [0.29, 0.717) is 18.2 Å². The molecule has 0 amide bonds. The van der Waals surface area contributed by atoms with Gasteiger partial charge in [-0.2, -0.15) is 0 Å². The van der Waals surface area contributed by atoms with Gasteiger partial charge in [0, 0.05) is 18.9 Å². The van der Waals surface area contributed by atoms with Gasteiger partial charge < -0.3 is 5.32 Å². The van der Waals surface area contributed by atoms with E-state index in [1.54, 1.807) is 0 Å². The molecule has 0 radical (unpaired) electrons. The zero-order valence-electron chi connectivity index (χ0n) is 8.81. The Balaban J connectivity index is 2.01. The van der Waals surface area contributed by atoms with Crippen molar-refractivity contribution in [3.05, 3.63) is 0 Å². The highest BCUT2D eigenvalue weighted by molar-refractivity contribution is 5.78. The minimum Gasteiger partial charge on any atom is -0.314 e. The van der Waals surface area contributed by atoms with Gasteiger partial charge in [0.15, 0.2) is 0 Å². The van der Waals surface area contributed by atoms with Crippen LogP contribution < -0.4 is 5.32 Å². The maximum Gasteiger partial charge on any atom is 0.134 e. The number of carbonyl (C=O) groups excluding carboxylic acids is 1. The van der Waals surface area contributed by atoms with Crippen LogP contribution in [0.1, 0.15) is 46.0 Å². The number of hydrogen-bond acceptors (Lipinski definition) is 2. The zero-order chi connectivity index (χ0) is 9.68. The highest BCUT2D eigenvalue weighted by Gasteiger charge is 2.21. The maximum absolute atomic E-state index is 11.4. The van der Waals surface area contributed by atoms with Crippen LogP contribution in [0.4, 0.5) is 0 Å². The highest BCUT2D eigenvalue weighted by atomic mass is 16.1. The van der Waals surface area contributed by atoms with Gasteiger partial charge >= 0.3 is 0 Å². The number of ketones is 1. The van der Waals surface area contributed by atoms with Crippen molar-refractivity contribution >= 4 is 5.78 Å². The molecule has 1 unspecified atom stereocenters. The molecule has 1 saturated carbocycles. The van der Waals surface area contributed by atoms with E-state index < -0.39 is 0 Å². The first-order chi connectivity index (χ1) is 6.22. The Morgan fingerprint density at radius 2 is 2.23 bits per heavy atom. The predicted molar refractivity (Wildman–Crippen MR) is 54.7 cm³/mol. The van der Waals surface area contributed by atoms with Gasteiger partial charge in [-0.1, -0.05) is 19.8 Å². The lowest BCUT2D eigenvalue weighted by Gasteiger charge is -2.10. The van der Waals surface area contributed by atoms with Crippen LogP contribution in [0.15, 0.2) is 0 Å². The summed E-state index contributed by atoms with van der Waals surface area (Å²) < 4.78 is 0. The molecular formula is C11H21NO. The van der Waals surface area contributed by atoms with Crippen molar-refractivity contribution in [2.24, 2.45) is 5.92 Å². The molecule has 2 nitrogen and oxygen atoms in total. The molecule has 0 bridgehead atoms. The van der Waals surface area contributed by atoms with Gasteiger partial charge in [-0.25, -0.2) is 0 Å². The summed E-state index contributed by atoms with van der Waals surface area (Å²) in [6, 6.07) is 0.358. The van der Waals surface area contributed by atoms with E-state index in [0.717, 1.165) is 25.3 Å². The largest absolute Gasteiger partial charge is 0.314 e. The summed E-state index contributed by atoms with van der Waals surface area (Å²) in [7, 11) is 0. The number of carbonyl (C=O) groups is 1. The molecule has 2 heteroatoms. The third-order valence-electron chi connectivity index (χ3n) is 2.61. The van der Waals surface area contributed by atoms with Gasteiger partial charge in [-0.05, 0) is 25.8 Å². The lowest BCUT2D eigenvalue weighted by atomic mass is 10.1. The fourth-order valence-corrected chi connectivity index (χ4v) is 1.64.